The summed E-state index contributed by atoms with van der Waals surface area (Å²) in [5.74, 6) is 0.288. The lowest BCUT2D eigenvalue weighted by atomic mass is 10.2. The summed E-state index contributed by atoms with van der Waals surface area (Å²) < 4.78 is 0. The second kappa shape index (κ2) is 4.18. The molecule has 0 spiro atoms. The van der Waals surface area contributed by atoms with Gasteiger partial charge in [0.1, 0.15) is 10.8 Å². The van der Waals surface area contributed by atoms with Crippen molar-refractivity contribution in [2.24, 2.45) is 0 Å². The number of hydrogen-bond donors (Lipinski definition) is 1. The summed E-state index contributed by atoms with van der Waals surface area (Å²) >= 11 is 1.64. The van der Waals surface area contributed by atoms with Crippen molar-refractivity contribution in [2.75, 3.05) is 0 Å². The van der Waals surface area contributed by atoms with Gasteiger partial charge in [0.15, 0.2) is 0 Å². The van der Waals surface area contributed by atoms with Crippen LogP contribution in [0.4, 0.5) is 0 Å². The van der Waals surface area contributed by atoms with E-state index in [4.69, 9.17) is 0 Å². The molecule has 1 aliphatic rings. The highest BCUT2D eigenvalue weighted by atomic mass is 32.1. The van der Waals surface area contributed by atoms with Gasteiger partial charge in [-0.1, -0.05) is 30.4 Å². The number of phenolic OH excluding ortho intramolecular Hbond substituents is 1. The normalized spacial score (nSPS) is 13.4. The van der Waals surface area contributed by atoms with E-state index in [1.165, 1.54) is 4.88 Å². The Balaban J connectivity index is 2.09. The quantitative estimate of drug-likeness (QED) is 0.826. The number of phenols is 1. The Bertz CT molecular complexity index is 610. The van der Waals surface area contributed by atoms with Crippen LogP contribution >= 0.6 is 11.3 Å². The first kappa shape index (κ1) is 10.3. The van der Waals surface area contributed by atoms with Crippen molar-refractivity contribution in [2.45, 2.75) is 6.42 Å². The number of nitrogens with zero attached hydrogens (tertiary/aromatic N) is 1. The average molecular weight is 241 g/mol. The fourth-order valence-corrected chi connectivity index (χ4v) is 2.87. The van der Waals surface area contributed by atoms with Gasteiger partial charge in [0, 0.05) is 11.3 Å². The maximum absolute atomic E-state index is 9.82. The van der Waals surface area contributed by atoms with E-state index >= 15 is 0 Å². The van der Waals surface area contributed by atoms with Crippen molar-refractivity contribution in [3.05, 3.63) is 53.1 Å². The van der Waals surface area contributed by atoms with Crippen LogP contribution in [-0.4, -0.2) is 10.1 Å². The smallest absolute Gasteiger partial charge is 0.128 e. The van der Waals surface area contributed by atoms with Crippen LogP contribution in [0.2, 0.25) is 0 Å². The molecule has 0 unspecified atom stereocenters. The SMILES string of the molecule is Oc1ccccc1-c1nc2c(s1)CC=CC=C2. The lowest BCUT2D eigenvalue weighted by Gasteiger charge is -1.98. The Labute approximate surface area is 104 Å². The van der Waals surface area contributed by atoms with Gasteiger partial charge in [0.2, 0.25) is 0 Å². The third kappa shape index (κ3) is 1.89. The largest absolute Gasteiger partial charge is 0.507 e. The highest BCUT2D eigenvalue weighted by Crippen LogP contribution is 2.34. The van der Waals surface area contributed by atoms with Crippen molar-refractivity contribution in [3.8, 4) is 16.3 Å². The molecule has 3 heteroatoms. The molecule has 0 saturated heterocycles. The molecule has 0 atom stereocenters. The van der Waals surface area contributed by atoms with Crippen LogP contribution in [0.5, 0.6) is 5.75 Å². The molecular formula is C14H11NOS. The van der Waals surface area contributed by atoms with Crippen molar-refractivity contribution in [1.29, 1.82) is 0 Å². The molecule has 1 aliphatic carbocycles. The number of thiazole rings is 1. The third-order valence-corrected chi connectivity index (χ3v) is 3.79. The minimum atomic E-state index is 0.288. The second-order valence-corrected chi connectivity index (χ2v) is 4.92. The van der Waals surface area contributed by atoms with Crippen LogP contribution in [0.25, 0.3) is 16.6 Å². The summed E-state index contributed by atoms with van der Waals surface area (Å²) in [7, 11) is 0. The van der Waals surface area contributed by atoms with Gasteiger partial charge in [-0.15, -0.1) is 11.3 Å². The van der Waals surface area contributed by atoms with Crippen molar-refractivity contribution >= 4 is 17.4 Å². The number of allylic oxidation sites excluding steroid dienone is 3. The van der Waals surface area contributed by atoms with Crippen LogP contribution in [-0.2, 0) is 6.42 Å². The van der Waals surface area contributed by atoms with E-state index in [-0.39, 0.29) is 5.75 Å². The van der Waals surface area contributed by atoms with Crippen LogP contribution in [0.3, 0.4) is 0 Å². The Morgan fingerprint density at radius 1 is 1.18 bits per heavy atom. The first-order valence-corrected chi connectivity index (χ1v) is 6.27. The molecule has 1 aromatic carbocycles. The molecule has 0 aliphatic heterocycles. The van der Waals surface area contributed by atoms with E-state index < -0.39 is 0 Å². The van der Waals surface area contributed by atoms with Crippen molar-refractivity contribution < 1.29 is 5.11 Å². The highest BCUT2D eigenvalue weighted by Gasteiger charge is 2.12. The van der Waals surface area contributed by atoms with E-state index in [1.54, 1.807) is 17.4 Å². The first-order valence-electron chi connectivity index (χ1n) is 5.46. The number of para-hydroxylation sites is 1. The predicted molar refractivity (Wildman–Crippen MR) is 71.1 cm³/mol. The van der Waals surface area contributed by atoms with Gasteiger partial charge in [0.05, 0.1) is 11.3 Å². The molecule has 0 fully saturated rings. The van der Waals surface area contributed by atoms with E-state index in [9.17, 15) is 5.11 Å². The number of benzene rings is 1. The van der Waals surface area contributed by atoms with E-state index in [2.05, 4.69) is 11.1 Å². The zero-order valence-corrected chi connectivity index (χ0v) is 9.95. The maximum Gasteiger partial charge on any atom is 0.128 e. The molecule has 1 N–H and O–H groups in total. The van der Waals surface area contributed by atoms with Gasteiger partial charge in [-0.05, 0) is 18.2 Å². The summed E-state index contributed by atoms with van der Waals surface area (Å²) in [4.78, 5) is 5.82. The van der Waals surface area contributed by atoms with Crippen molar-refractivity contribution in [3.63, 3.8) is 0 Å². The second-order valence-electron chi connectivity index (χ2n) is 3.84. The fraction of sp³-hybridized carbons (Fsp3) is 0.0714. The predicted octanol–water partition coefficient (Wildman–Crippen LogP) is 3.64. The molecular weight excluding hydrogens is 230 g/mol. The number of aromatic nitrogens is 1. The topological polar surface area (TPSA) is 33.1 Å². The zero-order valence-electron chi connectivity index (χ0n) is 9.13. The number of hydrogen-bond acceptors (Lipinski definition) is 3. The van der Waals surface area contributed by atoms with E-state index in [0.29, 0.717) is 0 Å². The molecule has 0 bridgehead atoms. The third-order valence-electron chi connectivity index (χ3n) is 2.67. The Hall–Kier alpha value is -1.87. The number of fused-ring (bicyclic) bond motifs is 1. The van der Waals surface area contributed by atoms with Gasteiger partial charge in [0.25, 0.3) is 0 Å². The zero-order chi connectivity index (χ0) is 11.7. The van der Waals surface area contributed by atoms with E-state index in [0.717, 1.165) is 22.7 Å². The van der Waals surface area contributed by atoms with Crippen LogP contribution in [0.15, 0.2) is 42.5 Å². The summed E-state index contributed by atoms with van der Waals surface area (Å²) in [6.07, 6.45) is 9.08. The minimum Gasteiger partial charge on any atom is -0.507 e. The molecule has 84 valence electrons. The van der Waals surface area contributed by atoms with Gasteiger partial charge < -0.3 is 5.11 Å². The maximum atomic E-state index is 9.82. The monoisotopic (exact) mass is 241 g/mol. The molecule has 1 heterocycles. The highest BCUT2D eigenvalue weighted by molar-refractivity contribution is 7.15. The average Bonchev–Trinajstić information content (AvgIpc) is 2.61. The van der Waals surface area contributed by atoms with Crippen LogP contribution in [0, 0.1) is 0 Å². The van der Waals surface area contributed by atoms with Crippen molar-refractivity contribution in [1.82, 2.24) is 4.98 Å². The molecule has 2 aromatic rings. The van der Waals surface area contributed by atoms with E-state index in [1.807, 2.05) is 36.4 Å². The molecule has 3 rings (SSSR count). The summed E-state index contributed by atoms with van der Waals surface area (Å²) in [6.45, 7) is 0. The van der Waals surface area contributed by atoms with Gasteiger partial charge in [-0.25, -0.2) is 4.98 Å². The molecule has 17 heavy (non-hydrogen) atoms. The fourth-order valence-electron chi connectivity index (χ4n) is 1.81. The standard InChI is InChI=1S/C14H11NOS/c16-12-8-5-4-6-10(12)14-15-11-7-2-1-3-9-13(11)17-14/h1-8,16H,9H2. The Morgan fingerprint density at radius 2 is 2.06 bits per heavy atom. The lowest BCUT2D eigenvalue weighted by molar-refractivity contribution is 0.477. The molecule has 0 amide bonds. The Kier molecular flexibility index (Phi) is 2.53. The first-order chi connectivity index (χ1) is 8.34. The minimum absolute atomic E-state index is 0.288. The molecule has 0 radical (unpaired) electrons. The number of aromatic hydroxyl groups is 1. The van der Waals surface area contributed by atoms with Gasteiger partial charge >= 0.3 is 0 Å². The van der Waals surface area contributed by atoms with Crippen LogP contribution < -0.4 is 0 Å². The summed E-state index contributed by atoms with van der Waals surface area (Å²) in [6, 6.07) is 7.32. The Morgan fingerprint density at radius 3 is 2.94 bits per heavy atom. The van der Waals surface area contributed by atoms with Gasteiger partial charge in [-0.3, -0.25) is 0 Å². The van der Waals surface area contributed by atoms with Crippen LogP contribution in [0.1, 0.15) is 10.6 Å². The lowest BCUT2D eigenvalue weighted by Crippen LogP contribution is -1.79. The summed E-state index contributed by atoms with van der Waals surface area (Å²) in [5, 5.41) is 10.7. The van der Waals surface area contributed by atoms with Gasteiger partial charge in [-0.2, -0.15) is 0 Å². The molecule has 1 aromatic heterocycles. The number of rotatable bonds is 1. The summed E-state index contributed by atoms with van der Waals surface area (Å²) in [5.41, 5.74) is 1.82. The molecule has 0 saturated carbocycles. The molecule has 2 nitrogen and oxygen atoms in total.